The number of terminal acetylenes is 1. The third-order valence-electron chi connectivity index (χ3n) is 0.879. The molecule has 1 rings (SSSR count). The van der Waals surface area contributed by atoms with E-state index in [9.17, 15) is 0 Å². The molecule has 0 aliphatic heterocycles. The predicted octanol–water partition coefficient (Wildman–Crippen LogP) is 0.995. The molecular formula is C7H7NO2. The van der Waals surface area contributed by atoms with E-state index >= 15 is 0 Å². The van der Waals surface area contributed by atoms with Crippen molar-refractivity contribution in [1.82, 2.24) is 4.98 Å². The van der Waals surface area contributed by atoms with Crippen LogP contribution in [0.15, 0.2) is 10.6 Å². The monoisotopic (exact) mass is 137 g/mol. The number of aryl methyl sites for hydroxylation is 1. The third kappa shape index (κ3) is 1.52. The van der Waals surface area contributed by atoms with Gasteiger partial charge in [-0.1, -0.05) is 5.92 Å². The molecule has 0 fully saturated rings. The van der Waals surface area contributed by atoms with Crippen molar-refractivity contribution in [3.63, 3.8) is 0 Å². The van der Waals surface area contributed by atoms with Gasteiger partial charge < -0.3 is 9.15 Å². The quantitative estimate of drug-likeness (QED) is 0.570. The van der Waals surface area contributed by atoms with Crippen LogP contribution in [0.5, 0.6) is 6.08 Å². The number of oxazole rings is 1. The molecule has 0 saturated carbocycles. The van der Waals surface area contributed by atoms with Gasteiger partial charge in [0.25, 0.3) is 0 Å². The van der Waals surface area contributed by atoms with Crippen LogP contribution in [0.25, 0.3) is 0 Å². The minimum Gasteiger partial charge on any atom is -0.437 e. The number of aromatic nitrogens is 1. The fourth-order valence-electron chi connectivity index (χ4n) is 0.504. The Morgan fingerprint density at radius 2 is 2.70 bits per heavy atom. The van der Waals surface area contributed by atoms with Crippen LogP contribution in [-0.4, -0.2) is 11.6 Å². The molecule has 0 aliphatic rings. The van der Waals surface area contributed by atoms with Gasteiger partial charge in [0.05, 0.1) is 6.20 Å². The van der Waals surface area contributed by atoms with Crippen molar-refractivity contribution >= 4 is 0 Å². The molecule has 1 heterocycles. The lowest BCUT2D eigenvalue weighted by atomic mass is 10.6. The summed E-state index contributed by atoms with van der Waals surface area (Å²) in [6.07, 6.45) is 6.75. The maximum Gasteiger partial charge on any atom is 0.394 e. The van der Waals surface area contributed by atoms with Crippen LogP contribution < -0.4 is 4.74 Å². The highest BCUT2D eigenvalue weighted by atomic mass is 16.6. The Labute approximate surface area is 59.0 Å². The molecule has 0 radical (unpaired) electrons. The molecule has 0 unspecified atom stereocenters. The van der Waals surface area contributed by atoms with Gasteiger partial charge in [0.2, 0.25) is 0 Å². The Bertz CT molecular complexity index is 246. The molecule has 0 saturated heterocycles. The zero-order valence-electron chi connectivity index (χ0n) is 5.63. The molecule has 0 amide bonds. The highest BCUT2D eigenvalue weighted by Crippen LogP contribution is 2.08. The summed E-state index contributed by atoms with van der Waals surface area (Å²) in [4.78, 5) is 3.77. The van der Waals surface area contributed by atoms with E-state index in [1.165, 1.54) is 0 Å². The second-order valence-electron chi connectivity index (χ2n) is 1.73. The van der Waals surface area contributed by atoms with Crippen LogP contribution in [0.2, 0.25) is 0 Å². The lowest BCUT2D eigenvalue weighted by Crippen LogP contribution is -1.92. The van der Waals surface area contributed by atoms with Gasteiger partial charge in [-0.3, -0.25) is 0 Å². The van der Waals surface area contributed by atoms with E-state index in [0.29, 0.717) is 5.76 Å². The van der Waals surface area contributed by atoms with E-state index in [2.05, 4.69) is 10.9 Å². The highest BCUT2D eigenvalue weighted by Gasteiger charge is 1.97. The van der Waals surface area contributed by atoms with Crippen LogP contribution in [0.4, 0.5) is 0 Å². The Morgan fingerprint density at radius 3 is 3.20 bits per heavy atom. The van der Waals surface area contributed by atoms with Crippen LogP contribution in [-0.2, 0) is 0 Å². The molecular weight excluding hydrogens is 130 g/mol. The molecule has 0 atom stereocenters. The average Bonchev–Trinajstić information content (AvgIpc) is 2.31. The number of rotatable bonds is 2. The predicted molar refractivity (Wildman–Crippen MR) is 35.6 cm³/mol. The first-order valence-electron chi connectivity index (χ1n) is 2.81. The first kappa shape index (κ1) is 6.69. The van der Waals surface area contributed by atoms with E-state index in [-0.39, 0.29) is 12.7 Å². The largest absolute Gasteiger partial charge is 0.437 e. The molecule has 0 spiro atoms. The summed E-state index contributed by atoms with van der Waals surface area (Å²) in [6.45, 7) is 1.98. The Morgan fingerprint density at radius 1 is 1.90 bits per heavy atom. The highest BCUT2D eigenvalue weighted by molar-refractivity contribution is 4.96. The van der Waals surface area contributed by atoms with E-state index in [0.717, 1.165) is 0 Å². The van der Waals surface area contributed by atoms with Crippen LogP contribution in [0.3, 0.4) is 0 Å². The summed E-state index contributed by atoms with van der Waals surface area (Å²) in [5, 5.41) is 0. The smallest absolute Gasteiger partial charge is 0.394 e. The normalized spacial score (nSPS) is 8.80. The molecule has 3 nitrogen and oxygen atoms in total. The van der Waals surface area contributed by atoms with E-state index in [4.69, 9.17) is 15.6 Å². The van der Waals surface area contributed by atoms with Gasteiger partial charge in [0.1, 0.15) is 5.76 Å². The van der Waals surface area contributed by atoms with Gasteiger partial charge in [-0.2, -0.15) is 4.98 Å². The average molecular weight is 137 g/mol. The number of hydrogen-bond donors (Lipinski definition) is 0. The van der Waals surface area contributed by atoms with Crippen LogP contribution in [0, 0.1) is 19.3 Å². The fraction of sp³-hybridized carbons (Fsp3) is 0.286. The number of ether oxygens (including phenoxy) is 1. The number of nitrogens with zero attached hydrogens (tertiary/aromatic N) is 1. The Hall–Kier alpha value is -1.43. The standard InChI is InChI=1S/C7H7NO2/c1-3-4-9-7-8-5-6(2)10-7/h1,5H,4H2,2H3. The second kappa shape index (κ2) is 2.92. The van der Waals surface area contributed by atoms with Crippen molar-refractivity contribution < 1.29 is 9.15 Å². The molecule has 1 aromatic heterocycles. The third-order valence-corrected chi connectivity index (χ3v) is 0.879. The summed E-state index contributed by atoms with van der Waals surface area (Å²) in [5.74, 6) is 3.02. The molecule has 3 heteroatoms. The maximum absolute atomic E-state index is 4.96. The van der Waals surface area contributed by atoms with Crippen LogP contribution >= 0.6 is 0 Å². The van der Waals surface area contributed by atoms with E-state index in [1.807, 2.05) is 0 Å². The lowest BCUT2D eigenvalue weighted by Gasteiger charge is -1.91. The Balaban J connectivity index is 2.52. The second-order valence-corrected chi connectivity index (χ2v) is 1.73. The van der Waals surface area contributed by atoms with Gasteiger partial charge in [-0.25, -0.2) is 0 Å². The Kier molecular flexibility index (Phi) is 1.96. The molecule has 0 N–H and O–H groups in total. The van der Waals surface area contributed by atoms with Crippen molar-refractivity contribution in [3.8, 4) is 18.4 Å². The van der Waals surface area contributed by atoms with Gasteiger partial charge >= 0.3 is 6.08 Å². The maximum atomic E-state index is 4.96. The molecule has 0 bridgehead atoms. The van der Waals surface area contributed by atoms with E-state index < -0.39 is 0 Å². The van der Waals surface area contributed by atoms with Crippen molar-refractivity contribution in [1.29, 1.82) is 0 Å². The van der Waals surface area contributed by atoms with Gasteiger partial charge in [0, 0.05) is 0 Å². The summed E-state index contributed by atoms with van der Waals surface area (Å²) >= 11 is 0. The van der Waals surface area contributed by atoms with Crippen molar-refractivity contribution in [2.24, 2.45) is 0 Å². The van der Waals surface area contributed by atoms with Crippen molar-refractivity contribution in [2.45, 2.75) is 6.92 Å². The van der Waals surface area contributed by atoms with E-state index in [1.54, 1.807) is 13.1 Å². The zero-order chi connectivity index (χ0) is 7.40. The summed E-state index contributed by atoms with van der Waals surface area (Å²) < 4.78 is 9.82. The molecule has 52 valence electrons. The molecule has 10 heavy (non-hydrogen) atoms. The first-order chi connectivity index (χ1) is 4.83. The van der Waals surface area contributed by atoms with Crippen LogP contribution in [0.1, 0.15) is 5.76 Å². The minimum absolute atomic E-state index is 0.194. The summed E-state index contributed by atoms with van der Waals surface area (Å²) in [5.41, 5.74) is 0. The topological polar surface area (TPSA) is 35.3 Å². The summed E-state index contributed by atoms with van der Waals surface area (Å²) in [7, 11) is 0. The lowest BCUT2D eigenvalue weighted by molar-refractivity contribution is 0.258. The van der Waals surface area contributed by atoms with Crippen molar-refractivity contribution in [3.05, 3.63) is 12.0 Å². The minimum atomic E-state index is 0.194. The van der Waals surface area contributed by atoms with Crippen molar-refractivity contribution in [2.75, 3.05) is 6.61 Å². The van der Waals surface area contributed by atoms with Gasteiger partial charge in [0.15, 0.2) is 6.61 Å². The zero-order valence-corrected chi connectivity index (χ0v) is 5.63. The molecule has 0 aliphatic carbocycles. The summed E-state index contributed by atoms with van der Waals surface area (Å²) in [6, 6.07) is 0. The number of hydrogen-bond acceptors (Lipinski definition) is 3. The first-order valence-corrected chi connectivity index (χ1v) is 2.81. The van der Waals surface area contributed by atoms with Gasteiger partial charge in [-0.15, -0.1) is 6.42 Å². The van der Waals surface area contributed by atoms with Gasteiger partial charge in [-0.05, 0) is 6.92 Å². The molecule has 0 aromatic carbocycles. The molecule has 1 aromatic rings. The SMILES string of the molecule is C#CCOc1ncc(C)o1. The fourth-order valence-corrected chi connectivity index (χ4v) is 0.504.